The molecule has 5 heteroatoms. The highest BCUT2D eigenvalue weighted by Crippen LogP contribution is 2.21. The van der Waals surface area contributed by atoms with Gasteiger partial charge < -0.3 is 10.2 Å². The Morgan fingerprint density at radius 1 is 1.23 bits per heavy atom. The molecule has 0 radical (unpaired) electrons. The molecule has 0 spiro atoms. The van der Waals surface area contributed by atoms with E-state index in [1.54, 1.807) is 11.3 Å². The van der Waals surface area contributed by atoms with Crippen molar-refractivity contribution >= 4 is 33.2 Å². The molecule has 0 bridgehead atoms. The van der Waals surface area contributed by atoms with Gasteiger partial charge in [-0.15, -0.1) is 11.3 Å². The number of benzene rings is 1. The number of quaternary nitrogens is 1. The van der Waals surface area contributed by atoms with E-state index in [1.165, 1.54) is 15.3 Å². The van der Waals surface area contributed by atoms with E-state index in [9.17, 15) is 4.79 Å². The van der Waals surface area contributed by atoms with Crippen molar-refractivity contribution < 1.29 is 9.69 Å². The summed E-state index contributed by atoms with van der Waals surface area (Å²) >= 11 is 5.19. The minimum atomic E-state index is 0.126. The summed E-state index contributed by atoms with van der Waals surface area (Å²) in [5.41, 5.74) is 1.32. The summed E-state index contributed by atoms with van der Waals surface area (Å²) in [4.78, 5) is 14.4. The second-order valence-electron chi connectivity index (χ2n) is 5.46. The number of amides is 1. The van der Waals surface area contributed by atoms with E-state index in [0.29, 0.717) is 6.54 Å². The topological polar surface area (TPSA) is 33.5 Å². The number of aryl methyl sites for hydroxylation is 1. The van der Waals surface area contributed by atoms with Gasteiger partial charge in [0.2, 0.25) is 0 Å². The molecule has 118 valence electrons. The summed E-state index contributed by atoms with van der Waals surface area (Å²) < 4.78 is 1.14. The van der Waals surface area contributed by atoms with Crippen LogP contribution in [0.2, 0.25) is 0 Å². The minimum absolute atomic E-state index is 0.126. The fraction of sp³-hybridized carbons (Fsp3) is 0.353. The third kappa shape index (κ3) is 6.30. The first-order valence-electron chi connectivity index (χ1n) is 7.49. The van der Waals surface area contributed by atoms with Crippen molar-refractivity contribution in [1.82, 2.24) is 5.32 Å². The van der Waals surface area contributed by atoms with Crippen molar-refractivity contribution in [2.75, 3.05) is 20.1 Å². The van der Waals surface area contributed by atoms with Crippen molar-refractivity contribution in [3.8, 4) is 0 Å². The van der Waals surface area contributed by atoms with Crippen LogP contribution in [-0.4, -0.2) is 26.0 Å². The van der Waals surface area contributed by atoms with Crippen molar-refractivity contribution in [2.24, 2.45) is 0 Å². The molecule has 2 N–H and O–H groups in total. The molecule has 0 saturated heterocycles. The summed E-state index contributed by atoms with van der Waals surface area (Å²) in [6.07, 6.45) is 1.99. The summed E-state index contributed by atoms with van der Waals surface area (Å²) in [5.74, 6) is 0.126. The second-order valence-corrected chi connectivity index (χ2v) is 8.00. The van der Waals surface area contributed by atoms with E-state index in [2.05, 4.69) is 64.7 Å². The Balaban J connectivity index is 1.61. The Morgan fingerprint density at radius 2 is 2.00 bits per heavy atom. The number of nitrogens with one attached hydrogen (secondary N) is 2. The van der Waals surface area contributed by atoms with Crippen LogP contribution in [0.1, 0.15) is 16.9 Å². The number of halogens is 1. The predicted octanol–water partition coefficient (Wildman–Crippen LogP) is 2.27. The first-order chi connectivity index (χ1) is 10.6. The van der Waals surface area contributed by atoms with Gasteiger partial charge in [-0.2, -0.15) is 0 Å². The zero-order valence-corrected chi connectivity index (χ0v) is 15.2. The van der Waals surface area contributed by atoms with Crippen molar-refractivity contribution in [3.05, 3.63) is 56.7 Å². The van der Waals surface area contributed by atoms with E-state index in [4.69, 9.17) is 0 Å². The largest absolute Gasteiger partial charge is 0.351 e. The third-order valence-corrected chi connectivity index (χ3v) is 5.00. The molecular weight excluding hydrogens is 360 g/mol. The van der Waals surface area contributed by atoms with Crippen LogP contribution in [-0.2, 0) is 17.8 Å². The number of hydrogen-bond donors (Lipinski definition) is 2. The maximum Gasteiger partial charge on any atom is 0.275 e. The number of carbonyl (C=O) groups excluding carboxylic acids is 1. The lowest BCUT2D eigenvalue weighted by Gasteiger charge is -2.12. The lowest BCUT2D eigenvalue weighted by molar-refractivity contribution is -0.885. The van der Waals surface area contributed by atoms with Gasteiger partial charge in [-0.05, 0) is 46.5 Å². The van der Waals surface area contributed by atoms with Crippen LogP contribution < -0.4 is 10.2 Å². The Bertz CT molecular complexity index is 585. The Hall–Kier alpha value is -1.17. The number of carbonyl (C=O) groups is 1. The van der Waals surface area contributed by atoms with Crippen LogP contribution in [0, 0.1) is 0 Å². The molecule has 0 aliphatic heterocycles. The van der Waals surface area contributed by atoms with Crippen molar-refractivity contribution in [2.45, 2.75) is 19.4 Å². The number of likely N-dealkylation sites (N-methyl/N-ethyl adjacent to an activating group) is 1. The highest BCUT2D eigenvalue weighted by atomic mass is 79.9. The molecule has 0 aliphatic rings. The van der Waals surface area contributed by atoms with Gasteiger partial charge in [0.1, 0.15) is 6.54 Å². The first-order valence-corrected chi connectivity index (χ1v) is 9.10. The van der Waals surface area contributed by atoms with Crippen molar-refractivity contribution in [1.29, 1.82) is 0 Å². The van der Waals surface area contributed by atoms with E-state index in [1.807, 2.05) is 6.07 Å². The lowest BCUT2D eigenvalue weighted by Crippen LogP contribution is -3.08. The van der Waals surface area contributed by atoms with Gasteiger partial charge in [0.05, 0.1) is 15.7 Å². The second kappa shape index (κ2) is 9.08. The SMILES string of the molecule is C[NH+](CC(=O)NCCCc1ccccc1)Cc1ccc(Br)s1. The molecule has 1 atom stereocenters. The number of rotatable bonds is 8. The highest BCUT2D eigenvalue weighted by molar-refractivity contribution is 9.11. The molecule has 1 aromatic heterocycles. The Morgan fingerprint density at radius 3 is 2.68 bits per heavy atom. The molecule has 1 aromatic carbocycles. The maximum absolute atomic E-state index is 11.9. The fourth-order valence-electron chi connectivity index (χ4n) is 2.31. The molecular formula is C17H22BrN2OS+. The molecule has 22 heavy (non-hydrogen) atoms. The maximum atomic E-state index is 11.9. The summed E-state index contributed by atoms with van der Waals surface area (Å²) in [5, 5.41) is 3.01. The van der Waals surface area contributed by atoms with E-state index in [0.717, 1.165) is 29.7 Å². The Labute approximate surface area is 144 Å². The fourth-order valence-corrected chi connectivity index (χ4v) is 3.91. The van der Waals surface area contributed by atoms with Crippen LogP contribution in [0.4, 0.5) is 0 Å². The molecule has 0 fully saturated rings. The number of hydrogen-bond acceptors (Lipinski definition) is 2. The summed E-state index contributed by atoms with van der Waals surface area (Å²) in [6.45, 7) is 2.14. The summed E-state index contributed by atoms with van der Waals surface area (Å²) in [6, 6.07) is 14.5. The van der Waals surface area contributed by atoms with Crippen LogP contribution in [0.25, 0.3) is 0 Å². The zero-order chi connectivity index (χ0) is 15.8. The van der Waals surface area contributed by atoms with E-state index >= 15 is 0 Å². The Kier molecular flexibility index (Phi) is 7.09. The normalized spacial score (nSPS) is 12.1. The van der Waals surface area contributed by atoms with Gasteiger partial charge in [0, 0.05) is 6.54 Å². The monoisotopic (exact) mass is 381 g/mol. The average Bonchev–Trinajstić information content (AvgIpc) is 2.89. The van der Waals surface area contributed by atoms with Gasteiger partial charge in [0.25, 0.3) is 5.91 Å². The molecule has 3 nitrogen and oxygen atoms in total. The van der Waals surface area contributed by atoms with Gasteiger partial charge in [-0.3, -0.25) is 4.79 Å². The van der Waals surface area contributed by atoms with Crippen LogP contribution in [0.15, 0.2) is 46.3 Å². The highest BCUT2D eigenvalue weighted by Gasteiger charge is 2.11. The third-order valence-electron chi connectivity index (χ3n) is 3.37. The molecule has 2 aromatic rings. The number of thiophene rings is 1. The van der Waals surface area contributed by atoms with Crippen LogP contribution in [0.3, 0.4) is 0 Å². The van der Waals surface area contributed by atoms with E-state index in [-0.39, 0.29) is 5.91 Å². The van der Waals surface area contributed by atoms with Crippen molar-refractivity contribution in [3.63, 3.8) is 0 Å². The van der Waals surface area contributed by atoms with Gasteiger partial charge in [-0.25, -0.2) is 0 Å². The lowest BCUT2D eigenvalue weighted by atomic mass is 10.1. The van der Waals surface area contributed by atoms with Gasteiger partial charge >= 0.3 is 0 Å². The molecule has 1 heterocycles. The molecule has 0 saturated carbocycles. The first kappa shape index (κ1) is 17.2. The van der Waals surface area contributed by atoms with Gasteiger partial charge in [-0.1, -0.05) is 30.3 Å². The smallest absolute Gasteiger partial charge is 0.275 e. The summed E-state index contributed by atoms with van der Waals surface area (Å²) in [7, 11) is 2.05. The standard InChI is InChI=1S/C17H21BrN2OS/c1-20(12-15-9-10-16(18)22-15)13-17(21)19-11-5-8-14-6-3-2-4-7-14/h2-4,6-7,9-10H,5,8,11-13H2,1H3,(H,19,21)/p+1. The molecule has 1 amide bonds. The minimum Gasteiger partial charge on any atom is -0.351 e. The molecule has 0 aliphatic carbocycles. The quantitative estimate of drug-likeness (QED) is 0.675. The van der Waals surface area contributed by atoms with Crippen LogP contribution in [0.5, 0.6) is 0 Å². The average molecular weight is 382 g/mol. The zero-order valence-electron chi connectivity index (χ0n) is 12.8. The predicted molar refractivity (Wildman–Crippen MR) is 95.2 cm³/mol. The van der Waals surface area contributed by atoms with Gasteiger partial charge in [0.15, 0.2) is 6.54 Å². The molecule has 2 rings (SSSR count). The van der Waals surface area contributed by atoms with Crippen LogP contribution >= 0.6 is 27.3 Å². The molecule has 1 unspecified atom stereocenters. The van der Waals surface area contributed by atoms with E-state index < -0.39 is 0 Å².